The number of fused-ring (bicyclic) bond motifs is 1. The molecule has 0 saturated carbocycles. The molecule has 0 aliphatic carbocycles. The Morgan fingerprint density at radius 3 is 2.57 bits per heavy atom. The van der Waals surface area contributed by atoms with E-state index in [1.165, 1.54) is 27.8 Å². The van der Waals surface area contributed by atoms with Crippen LogP contribution < -0.4 is 4.90 Å². The van der Waals surface area contributed by atoms with Gasteiger partial charge in [-0.1, -0.05) is 11.3 Å². The number of hydrogen-bond donors (Lipinski definition) is 0. The van der Waals surface area contributed by atoms with Crippen LogP contribution in [0, 0.1) is 13.8 Å². The molecule has 3 heterocycles. The molecule has 8 nitrogen and oxygen atoms in total. The molecule has 0 N–H and O–H groups in total. The average Bonchev–Trinajstić information content (AvgIpc) is 3.65. The van der Waals surface area contributed by atoms with E-state index >= 15 is 0 Å². The van der Waals surface area contributed by atoms with E-state index in [1.807, 2.05) is 26.0 Å². The van der Waals surface area contributed by atoms with Gasteiger partial charge in [-0.05, 0) is 86.3 Å². The summed E-state index contributed by atoms with van der Waals surface area (Å²) in [6, 6.07) is 13.7. The minimum absolute atomic E-state index is 0.0860. The topological polar surface area (TPSA) is 93.0 Å². The SMILES string of the molecule is Cc1cc2nc(N(Cc3ccco3)C(=O)c3ccc(S(=O)(=O)N(C)CC4CCCO4)cc3)sc2cc1C. The summed E-state index contributed by atoms with van der Waals surface area (Å²) in [4.78, 5) is 20.1. The zero-order valence-corrected chi connectivity index (χ0v) is 22.6. The van der Waals surface area contributed by atoms with Crippen LogP contribution in [0.25, 0.3) is 10.2 Å². The minimum atomic E-state index is -3.70. The first-order chi connectivity index (χ1) is 17.7. The molecule has 1 amide bonds. The molecule has 0 bridgehead atoms. The highest BCUT2D eigenvalue weighted by Gasteiger charge is 2.27. The van der Waals surface area contributed by atoms with Gasteiger partial charge in [0, 0.05) is 25.8 Å². The molecule has 1 aliphatic rings. The number of hydrogen-bond acceptors (Lipinski definition) is 7. The van der Waals surface area contributed by atoms with Crippen LogP contribution in [-0.2, 0) is 21.3 Å². The van der Waals surface area contributed by atoms with Crippen LogP contribution >= 0.6 is 11.3 Å². The number of likely N-dealkylation sites (N-methyl/N-ethyl adjacent to an activating group) is 1. The van der Waals surface area contributed by atoms with Crippen molar-refractivity contribution in [2.45, 2.75) is 44.2 Å². The number of anilines is 1. The maximum atomic E-state index is 13.7. The molecule has 37 heavy (non-hydrogen) atoms. The first-order valence-electron chi connectivity index (χ1n) is 12.1. The second-order valence-corrected chi connectivity index (χ2v) is 12.4. The monoisotopic (exact) mass is 539 g/mol. The van der Waals surface area contributed by atoms with Crippen molar-refractivity contribution in [3.63, 3.8) is 0 Å². The predicted octanol–water partition coefficient (Wildman–Crippen LogP) is 5.15. The zero-order chi connectivity index (χ0) is 26.2. The summed E-state index contributed by atoms with van der Waals surface area (Å²) in [5.74, 6) is 0.329. The lowest BCUT2D eigenvalue weighted by molar-refractivity contribution is 0.0978. The third-order valence-electron chi connectivity index (χ3n) is 6.66. The maximum Gasteiger partial charge on any atom is 0.260 e. The zero-order valence-electron chi connectivity index (χ0n) is 21.0. The number of ether oxygens (including phenoxy) is 1. The van der Waals surface area contributed by atoms with E-state index in [9.17, 15) is 13.2 Å². The standard InChI is InChI=1S/C27H29N3O5S2/c1-18-14-24-25(15-19(18)2)36-27(28-24)30(17-22-7-5-13-35-22)26(31)20-8-10-23(11-9-20)37(32,33)29(3)16-21-6-4-12-34-21/h5,7-11,13-15,21H,4,6,12,16-17H2,1-3H3. The number of benzene rings is 2. The molecule has 1 atom stereocenters. The van der Waals surface area contributed by atoms with Crippen LogP contribution in [0.1, 0.15) is 40.1 Å². The fraction of sp³-hybridized carbons (Fsp3) is 0.333. The van der Waals surface area contributed by atoms with Gasteiger partial charge in [-0.2, -0.15) is 4.31 Å². The summed E-state index contributed by atoms with van der Waals surface area (Å²) in [5.41, 5.74) is 3.48. The first-order valence-corrected chi connectivity index (χ1v) is 14.4. The Hall–Kier alpha value is -3.05. The van der Waals surface area contributed by atoms with Crippen molar-refractivity contribution in [3.8, 4) is 0 Å². The number of nitrogens with zero attached hydrogens (tertiary/aromatic N) is 3. The van der Waals surface area contributed by atoms with Crippen LogP contribution in [0.3, 0.4) is 0 Å². The van der Waals surface area contributed by atoms with Gasteiger partial charge in [0.2, 0.25) is 10.0 Å². The van der Waals surface area contributed by atoms with Gasteiger partial charge >= 0.3 is 0 Å². The minimum Gasteiger partial charge on any atom is -0.467 e. The van der Waals surface area contributed by atoms with Gasteiger partial charge in [0.25, 0.3) is 5.91 Å². The van der Waals surface area contributed by atoms with Crippen molar-refractivity contribution in [1.82, 2.24) is 9.29 Å². The summed E-state index contributed by atoms with van der Waals surface area (Å²) in [6.07, 6.45) is 3.27. The number of carbonyl (C=O) groups is 1. The highest BCUT2D eigenvalue weighted by molar-refractivity contribution is 7.89. The van der Waals surface area contributed by atoms with Gasteiger partial charge in [0.1, 0.15) is 5.76 Å². The molecular formula is C27H29N3O5S2. The number of sulfonamides is 1. The van der Waals surface area contributed by atoms with Crippen molar-refractivity contribution < 1.29 is 22.4 Å². The average molecular weight is 540 g/mol. The van der Waals surface area contributed by atoms with Gasteiger partial charge in [0.05, 0.1) is 34.0 Å². The maximum absolute atomic E-state index is 13.7. The largest absolute Gasteiger partial charge is 0.467 e. The second kappa shape index (κ2) is 10.4. The molecule has 194 valence electrons. The number of thiazole rings is 1. The lowest BCUT2D eigenvalue weighted by Gasteiger charge is -2.21. The lowest BCUT2D eigenvalue weighted by Crippen LogP contribution is -2.34. The summed E-state index contributed by atoms with van der Waals surface area (Å²) in [5, 5.41) is 0.550. The Labute approximate surface area is 220 Å². The molecule has 1 fully saturated rings. The second-order valence-electron chi connectivity index (χ2n) is 9.32. The van der Waals surface area contributed by atoms with Crippen LogP contribution in [0.2, 0.25) is 0 Å². The third-order valence-corrected chi connectivity index (χ3v) is 9.54. The number of aryl methyl sites for hydroxylation is 2. The predicted molar refractivity (Wildman–Crippen MR) is 144 cm³/mol. The quantitative estimate of drug-likeness (QED) is 0.307. The van der Waals surface area contributed by atoms with Gasteiger partial charge in [0.15, 0.2) is 5.13 Å². The fourth-order valence-electron chi connectivity index (χ4n) is 4.35. The van der Waals surface area contributed by atoms with E-state index in [2.05, 4.69) is 6.07 Å². The van der Waals surface area contributed by atoms with Crippen molar-refractivity contribution in [2.24, 2.45) is 0 Å². The van der Waals surface area contributed by atoms with Crippen LogP contribution in [0.5, 0.6) is 0 Å². The van der Waals surface area contributed by atoms with Crippen molar-refractivity contribution in [1.29, 1.82) is 0 Å². The summed E-state index contributed by atoms with van der Waals surface area (Å²) >= 11 is 1.44. The van der Waals surface area contributed by atoms with Gasteiger partial charge < -0.3 is 9.15 Å². The van der Waals surface area contributed by atoms with Crippen LogP contribution in [-0.4, -0.2) is 49.9 Å². The highest BCUT2D eigenvalue weighted by Crippen LogP contribution is 2.33. The molecule has 2 aromatic heterocycles. The lowest BCUT2D eigenvalue weighted by atomic mass is 10.1. The number of rotatable bonds is 8. The number of furan rings is 1. The first kappa shape index (κ1) is 25.6. The number of amides is 1. The fourth-order valence-corrected chi connectivity index (χ4v) is 6.59. The van der Waals surface area contributed by atoms with Gasteiger partial charge in [-0.3, -0.25) is 9.69 Å². The molecule has 5 rings (SSSR count). The highest BCUT2D eigenvalue weighted by atomic mass is 32.2. The van der Waals surface area contributed by atoms with E-state index in [-0.39, 0.29) is 23.5 Å². The molecule has 10 heteroatoms. The molecule has 1 aliphatic heterocycles. The van der Waals surface area contributed by atoms with Crippen LogP contribution in [0.4, 0.5) is 5.13 Å². The van der Waals surface area contributed by atoms with Gasteiger partial charge in [-0.15, -0.1) is 0 Å². The van der Waals surface area contributed by atoms with E-state index in [0.717, 1.165) is 34.2 Å². The molecule has 0 radical (unpaired) electrons. The molecule has 1 unspecified atom stereocenters. The Bertz CT molecular complexity index is 1470. The van der Waals surface area contributed by atoms with Crippen molar-refractivity contribution in [3.05, 3.63) is 77.2 Å². The summed E-state index contributed by atoms with van der Waals surface area (Å²) in [6.45, 7) is 5.25. The Kier molecular flexibility index (Phi) is 7.17. The normalized spacial score (nSPS) is 16.1. The van der Waals surface area contributed by atoms with E-state index < -0.39 is 10.0 Å². The molecule has 1 saturated heterocycles. The number of aromatic nitrogens is 1. The number of carbonyl (C=O) groups excluding carboxylic acids is 1. The molecule has 2 aromatic carbocycles. The summed E-state index contributed by atoms with van der Waals surface area (Å²) in [7, 11) is -2.15. The van der Waals surface area contributed by atoms with E-state index in [0.29, 0.717) is 29.6 Å². The Morgan fingerprint density at radius 2 is 1.89 bits per heavy atom. The van der Waals surface area contributed by atoms with Crippen molar-refractivity contribution in [2.75, 3.05) is 25.1 Å². The van der Waals surface area contributed by atoms with Crippen molar-refractivity contribution >= 4 is 42.6 Å². The Morgan fingerprint density at radius 1 is 1.14 bits per heavy atom. The third kappa shape index (κ3) is 5.33. The smallest absolute Gasteiger partial charge is 0.260 e. The van der Waals surface area contributed by atoms with E-state index in [1.54, 1.807) is 36.4 Å². The van der Waals surface area contributed by atoms with Gasteiger partial charge in [-0.25, -0.2) is 13.4 Å². The summed E-state index contributed by atoms with van der Waals surface area (Å²) < 4.78 is 39.6. The molecule has 4 aromatic rings. The van der Waals surface area contributed by atoms with Crippen LogP contribution in [0.15, 0.2) is 64.1 Å². The van der Waals surface area contributed by atoms with E-state index in [4.69, 9.17) is 14.1 Å². The molecular weight excluding hydrogens is 510 g/mol. The molecule has 0 spiro atoms. The Balaban J connectivity index is 1.42.